The van der Waals surface area contributed by atoms with E-state index in [-0.39, 0.29) is 28.6 Å². The molecule has 1 heterocycles. The predicted molar refractivity (Wildman–Crippen MR) is 100 cm³/mol. The van der Waals surface area contributed by atoms with Crippen LogP contribution in [0.5, 0.6) is 0 Å². The Morgan fingerprint density at radius 1 is 1.10 bits per heavy atom. The van der Waals surface area contributed by atoms with Crippen LogP contribution in [0.2, 0.25) is 0 Å². The molecule has 0 aliphatic heterocycles. The van der Waals surface area contributed by atoms with E-state index in [2.05, 4.69) is 5.10 Å². The monoisotopic (exact) mass is 422 g/mol. The van der Waals surface area contributed by atoms with Crippen molar-refractivity contribution in [3.63, 3.8) is 0 Å². The number of nitrogens with zero attached hydrogens (tertiary/aromatic N) is 2. The van der Waals surface area contributed by atoms with Crippen LogP contribution in [0.25, 0.3) is 10.8 Å². The van der Waals surface area contributed by atoms with Gasteiger partial charge in [-0.1, -0.05) is 25.1 Å². The van der Waals surface area contributed by atoms with Crippen molar-refractivity contribution in [2.45, 2.75) is 24.8 Å². The Morgan fingerprint density at radius 2 is 1.72 bits per heavy atom. The summed E-state index contributed by atoms with van der Waals surface area (Å²) in [5.41, 5.74) is 1.40. The van der Waals surface area contributed by atoms with Gasteiger partial charge in [0, 0.05) is 18.0 Å². The van der Waals surface area contributed by atoms with Crippen LogP contribution < -0.4 is 15.8 Å². The van der Waals surface area contributed by atoms with E-state index in [0.29, 0.717) is 24.6 Å². The van der Waals surface area contributed by atoms with Gasteiger partial charge in [0.25, 0.3) is 21.5 Å². The highest BCUT2D eigenvalue weighted by Gasteiger charge is 2.21. The number of aryl methyl sites for hydroxylation is 1. The summed E-state index contributed by atoms with van der Waals surface area (Å²) in [4.78, 5) is 26.1. The van der Waals surface area contributed by atoms with Crippen molar-refractivity contribution in [1.82, 2.24) is 20.0 Å². The molecule has 0 fully saturated rings. The number of aromatic nitrogens is 2. The Hall–Kier alpha value is -3.18. The van der Waals surface area contributed by atoms with E-state index in [1.807, 2.05) is 12.3 Å². The Labute approximate surface area is 164 Å². The molecule has 2 aromatic carbocycles. The van der Waals surface area contributed by atoms with E-state index >= 15 is 0 Å². The van der Waals surface area contributed by atoms with Crippen LogP contribution in [0.3, 0.4) is 0 Å². The lowest BCUT2D eigenvalue weighted by atomic mass is 10.1. The van der Waals surface area contributed by atoms with Gasteiger partial charge in [-0.3, -0.25) is 15.0 Å². The standard InChI is InChI=1S/C18H16F2N4O4S/c1-2-7-24-18(26)15-6-4-3-5-14(15)16(22-24)17(25)21-23-29(27,28)13-9-11(19)8-12(20)10-13/h3-6,8-10,23H,2,7H2,1H3,(H,21,25). The summed E-state index contributed by atoms with van der Waals surface area (Å²) in [5, 5.41) is 4.51. The number of carbonyl (C=O) groups is 1. The summed E-state index contributed by atoms with van der Waals surface area (Å²) in [6.07, 6.45) is 0.587. The molecule has 0 saturated carbocycles. The lowest BCUT2D eigenvalue weighted by Crippen LogP contribution is -2.42. The highest BCUT2D eigenvalue weighted by Crippen LogP contribution is 2.15. The number of nitrogens with one attached hydrogen (secondary N) is 2. The minimum Gasteiger partial charge on any atom is -0.272 e. The zero-order chi connectivity index (χ0) is 21.2. The molecule has 1 amide bonds. The number of amides is 1. The number of carbonyl (C=O) groups excluding carboxylic acids is 1. The zero-order valence-corrected chi connectivity index (χ0v) is 16.0. The molecular formula is C18H16F2N4O4S. The minimum absolute atomic E-state index is 0.179. The predicted octanol–water partition coefficient (Wildman–Crippen LogP) is 1.71. The number of hydrazine groups is 1. The van der Waals surface area contributed by atoms with Gasteiger partial charge in [0.1, 0.15) is 11.6 Å². The molecule has 2 N–H and O–H groups in total. The van der Waals surface area contributed by atoms with E-state index in [0.717, 1.165) is 4.68 Å². The summed E-state index contributed by atoms with van der Waals surface area (Å²) in [6, 6.07) is 7.99. The van der Waals surface area contributed by atoms with Gasteiger partial charge in [0.15, 0.2) is 5.69 Å². The van der Waals surface area contributed by atoms with Gasteiger partial charge in [-0.15, -0.1) is 4.83 Å². The second-order valence-electron chi connectivity index (χ2n) is 6.09. The first-order valence-electron chi connectivity index (χ1n) is 8.51. The first-order valence-corrected chi connectivity index (χ1v) is 9.99. The van der Waals surface area contributed by atoms with Gasteiger partial charge in [-0.05, 0) is 24.6 Å². The number of benzene rings is 2. The maximum Gasteiger partial charge on any atom is 0.287 e. The van der Waals surface area contributed by atoms with Crippen LogP contribution in [0.15, 0.2) is 52.2 Å². The normalized spacial score (nSPS) is 11.6. The number of hydrogen-bond donors (Lipinski definition) is 2. The SMILES string of the molecule is CCCn1nc(C(=O)NNS(=O)(=O)c2cc(F)cc(F)c2)c2ccccc2c1=O. The molecule has 1 aromatic heterocycles. The first kappa shape index (κ1) is 20.6. The Morgan fingerprint density at radius 3 is 2.34 bits per heavy atom. The lowest BCUT2D eigenvalue weighted by Gasteiger charge is -2.12. The van der Waals surface area contributed by atoms with E-state index in [9.17, 15) is 26.8 Å². The van der Waals surface area contributed by atoms with Gasteiger partial charge in [-0.2, -0.15) is 5.10 Å². The van der Waals surface area contributed by atoms with Gasteiger partial charge < -0.3 is 0 Å². The third-order valence-corrected chi connectivity index (χ3v) is 5.19. The highest BCUT2D eigenvalue weighted by atomic mass is 32.2. The van der Waals surface area contributed by atoms with Crippen LogP contribution in [0.1, 0.15) is 23.8 Å². The molecule has 0 saturated heterocycles. The fourth-order valence-corrected chi connectivity index (χ4v) is 3.56. The van der Waals surface area contributed by atoms with Crippen molar-refractivity contribution in [3.05, 3.63) is 70.1 Å². The summed E-state index contributed by atoms with van der Waals surface area (Å²) < 4.78 is 52.1. The fraction of sp³-hybridized carbons (Fsp3) is 0.167. The molecule has 29 heavy (non-hydrogen) atoms. The zero-order valence-electron chi connectivity index (χ0n) is 15.1. The van der Waals surface area contributed by atoms with Gasteiger partial charge in [0.05, 0.1) is 10.3 Å². The van der Waals surface area contributed by atoms with Gasteiger partial charge in [0.2, 0.25) is 0 Å². The van der Waals surface area contributed by atoms with Crippen LogP contribution in [-0.2, 0) is 16.6 Å². The smallest absolute Gasteiger partial charge is 0.272 e. The average molecular weight is 422 g/mol. The van der Waals surface area contributed by atoms with Crippen molar-refractivity contribution < 1.29 is 22.0 Å². The Bertz CT molecular complexity index is 1240. The highest BCUT2D eigenvalue weighted by molar-refractivity contribution is 7.89. The van der Waals surface area contributed by atoms with Crippen molar-refractivity contribution >= 4 is 26.7 Å². The summed E-state index contributed by atoms with van der Waals surface area (Å²) in [5.74, 6) is -3.11. The van der Waals surface area contributed by atoms with Crippen LogP contribution in [0.4, 0.5) is 8.78 Å². The Balaban J connectivity index is 1.94. The molecule has 8 nitrogen and oxygen atoms in total. The largest absolute Gasteiger partial charge is 0.287 e. The molecule has 3 aromatic rings. The molecule has 0 spiro atoms. The lowest BCUT2D eigenvalue weighted by molar-refractivity contribution is 0.0939. The number of rotatable bonds is 6. The molecule has 0 atom stereocenters. The molecule has 0 aliphatic carbocycles. The number of halogens is 2. The molecule has 11 heteroatoms. The summed E-state index contributed by atoms with van der Waals surface area (Å²) >= 11 is 0. The van der Waals surface area contributed by atoms with E-state index in [4.69, 9.17) is 0 Å². The third kappa shape index (κ3) is 4.30. The van der Waals surface area contributed by atoms with Gasteiger partial charge in [-0.25, -0.2) is 21.9 Å². The molecular weight excluding hydrogens is 406 g/mol. The number of fused-ring (bicyclic) bond motifs is 1. The summed E-state index contributed by atoms with van der Waals surface area (Å²) in [6.45, 7) is 2.09. The fourth-order valence-electron chi connectivity index (χ4n) is 2.68. The van der Waals surface area contributed by atoms with Crippen molar-refractivity contribution in [3.8, 4) is 0 Å². The van der Waals surface area contributed by atoms with Gasteiger partial charge >= 0.3 is 0 Å². The molecule has 0 aliphatic rings. The van der Waals surface area contributed by atoms with Crippen molar-refractivity contribution in [2.75, 3.05) is 0 Å². The molecule has 152 valence electrons. The number of hydrogen-bond acceptors (Lipinski definition) is 5. The third-order valence-electron chi connectivity index (χ3n) is 3.96. The van der Waals surface area contributed by atoms with E-state index in [1.54, 1.807) is 17.0 Å². The first-order chi connectivity index (χ1) is 13.7. The minimum atomic E-state index is -4.45. The topological polar surface area (TPSA) is 110 Å². The van der Waals surface area contributed by atoms with Crippen LogP contribution in [0, 0.1) is 11.6 Å². The second kappa shape index (κ2) is 8.05. The quantitative estimate of drug-likeness (QED) is 0.588. The van der Waals surface area contributed by atoms with Crippen molar-refractivity contribution in [2.24, 2.45) is 0 Å². The van der Waals surface area contributed by atoms with Crippen LogP contribution in [-0.4, -0.2) is 24.1 Å². The number of sulfonamides is 1. The van der Waals surface area contributed by atoms with Crippen molar-refractivity contribution in [1.29, 1.82) is 0 Å². The second-order valence-corrected chi connectivity index (χ2v) is 7.77. The van der Waals surface area contributed by atoms with Crippen LogP contribution >= 0.6 is 0 Å². The summed E-state index contributed by atoms with van der Waals surface area (Å²) in [7, 11) is -4.45. The molecule has 0 bridgehead atoms. The average Bonchev–Trinajstić information content (AvgIpc) is 2.68. The van der Waals surface area contributed by atoms with E-state index in [1.165, 1.54) is 12.1 Å². The maximum atomic E-state index is 13.3. The molecule has 3 rings (SSSR count). The van der Waals surface area contributed by atoms with E-state index < -0.39 is 32.5 Å². The molecule has 0 unspecified atom stereocenters. The maximum absolute atomic E-state index is 13.3. The molecule has 0 radical (unpaired) electrons. The Kier molecular flexibility index (Phi) is 5.71.